The molecular formula is C21H21N3O3. The molecule has 0 fully saturated rings. The topological polar surface area (TPSA) is 86.5 Å². The summed E-state index contributed by atoms with van der Waals surface area (Å²) in [6.07, 6.45) is 0. The summed E-state index contributed by atoms with van der Waals surface area (Å²) >= 11 is 0. The molecular weight excluding hydrogens is 342 g/mol. The van der Waals surface area contributed by atoms with Crippen molar-refractivity contribution in [3.63, 3.8) is 0 Å². The van der Waals surface area contributed by atoms with Crippen LogP contribution in [0.2, 0.25) is 0 Å². The third-order valence-corrected chi connectivity index (χ3v) is 3.96. The minimum Gasteiger partial charge on any atom is -0.493 e. The van der Waals surface area contributed by atoms with Crippen LogP contribution in [0.15, 0.2) is 60.7 Å². The number of nitrogen functional groups attached to an aromatic ring is 1. The fourth-order valence-electron chi connectivity index (χ4n) is 2.60. The molecule has 0 unspecified atom stereocenters. The van der Waals surface area contributed by atoms with E-state index in [-0.39, 0.29) is 11.7 Å². The van der Waals surface area contributed by atoms with Crippen LogP contribution in [0, 0.1) is 6.92 Å². The summed E-state index contributed by atoms with van der Waals surface area (Å²) in [4.78, 5) is 16.4. The molecule has 3 N–H and O–H groups in total. The van der Waals surface area contributed by atoms with E-state index in [1.165, 1.54) is 0 Å². The van der Waals surface area contributed by atoms with E-state index in [0.29, 0.717) is 29.4 Å². The maximum absolute atomic E-state index is 12.3. The number of hydrogen-bond donors (Lipinski definition) is 2. The van der Waals surface area contributed by atoms with E-state index >= 15 is 0 Å². The zero-order valence-corrected chi connectivity index (χ0v) is 15.2. The number of ether oxygens (including phenoxy) is 2. The Morgan fingerprint density at radius 1 is 1.07 bits per heavy atom. The van der Waals surface area contributed by atoms with Gasteiger partial charge in [-0.05, 0) is 48.9 Å². The van der Waals surface area contributed by atoms with Crippen LogP contribution >= 0.6 is 0 Å². The van der Waals surface area contributed by atoms with Crippen molar-refractivity contribution in [3.8, 4) is 17.2 Å². The quantitative estimate of drug-likeness (QED) is 0.697. The van der Waals surface area contributed by atoms with Gasteiger partial charge in [0.1, 0.15) is 11.6 Å². The molecule has 0 aliphatic heterocycles. The molecule has 0 atom stereocenters. The van der Waals surface area contributed by atoms with E-state index in [1.807, 2.05) is 55.5 Å². The molecule has 0 saturated carbocycles. The highest BCUT2D eigenvalue weighted by Crippen LogP contribution is 2.31. The number of para-hydroxylation sites is 2. The average molecular weight is 363 g/mol. The van der Waals surface area contributed by atoms with Crippen LogP contribution in [-0.2, 0) is 6.54 Å². The summed E-state index contributed by atoms with van der Waals surface area (Å²) in [5, 5.41) is 2.85. The van der Waals surface area contributed by atoms with Crippen LogP contribution in [0.5, 0.6) is 17.2 Å². The van der Waals surface area contributed by atoms with Crippen molar-refractivity contribution < 1.29 is 14.3 Å². The number of carbonyl (C=O) groups excluding carboxylic acids is 1. The largest absolute Gasteiger partial charge is 0.493 e. The number of anilines is 1. The van der Waals surface area contributed by atoms with Gasteiger partial charge in [0.2, 0.25) is 0 Å². The maximum atomic E-state index is 12.3. The highest BCUT2D eigenvalue weighted by Gasteiger charge is 2.11. The SMILES string of the molecule is COc1ccccc1Oc1cccc(CNC(=O)c2ccc(C)nc2N)c1. The van der Waals surface area contributed by atoms with Crippen LogP contribution in [0.1, 0.15) is 21.6 Å². The molecule has 138 valence electrons. The minimum atomic E-state index is -0.268. The van der Waals surface area contributed by atoms with Gasteiger partial charge in [0.15, 0.2) is 11.5 Å². The predicted molar refractivity (Wildman–Crippen MR) is 104 cm³/mol. The summed E-state index contributed by atoms with van der Waals surface area (Å²) < 4.78 is 11.2. The number of benzene rings is 2. The number of amides is 1. The molecule has 0 saturated heterocycles. The highest BCUT2D eigenvalue weighted by atomic mass is 16.5. The molecule has 0 spiro atoms. The van der Waals surface area contributed by atoms with Gasteiger partial charge in [0, 0.05) is 12.2 Å². The number of nitrogens with one attached hydrogen (secondary N) is 1. The number of pyridine rings is 1. The minimum absolute atomic E-state index is 0.223. The average Bonchev–Trinajstić information content (AvgIpc) is 2.67. The fraction of sp³-hybridized carbons (Fsp3) is 0.143. The monoisotopic (exact) mass is 363 g/mol. The van der Waals surface area contributed by atoms with Gasteiger partial charge in [0.25, 0.3) is 5.91 Å². The summed E-state index contributed by atoms with van der Waals surface area (Å²) in [6, 6.07) is 18.3. The summed E-state index contributed by atoms with van der Waals surface area (Å²) in [6.45, 7) is 2.17. The van der Waals surface area contributed by atoms with Gasteiger partial charge in [-0.25, -0.2) is 4.98 Å². The molecule has 6 heteroatoms. The second-order valence-corrected chi connectivity index (χ2v) is 5.97. The molecule has 0 radical (unpaired) electrons. The Kier molecular flexibility index (Phi) is 5.56. The maximum Gasteiger partial charge on any atom is 0.255 e. The third kappa shape index (κ3) is 4.55. The van der Waals surface area contributed by atoms with Crippen molar-refractivity contribution in [2.24, 2.45) is 0 Å². The first-order valence-electron chi connectivity index (χ1n) is 8.48. The van der Waals surface area contributed by atoms with Gasteiger partial charge < -0.3 is 20.5 Å². The van der Waals surface area contributed by atoms with Crippen molar-refractivity contribution in [3.05, 3.63) is 77.5 Å². The van der Waals surface area contributed by atoms with Gasteiger partial charge in [0.05, 0.1) is 12.7 Å². The summed E-state index contributed by atoms with van der Waals surface area (Å²) in [5.41, 5.74) is 7.85. The standard InChI is InChI=1S/C21H21N3O3/c1-14-10-11-17(20(22)24-14)21(25)23-13-15-6-5-7-16(12-15)27-19-9-4-3-8-18(19)26-2/h3-12H,13H2,1-2H3,(H2,22,24)(H,23,25). The first-order chi connectivity index (χ1) is 13.1. The zero-order chi connectivity index (χ0) is 19.2. The van der Waals surface area contributed by atoms with Gasteiger partial charge in [-0.2, -0.15) is 0 Å². The number of hydrogen-bond acceptors (Lipinski definition) is 5. The Bertz CT molecular complexity index is 957. The number of nitrogens with zero attached hydrogens (tertiary/aromatic N) is 1. The second kappa shape index (κ2) is 8.23. The molecule has 1 heterocycles. The van der Waals surface area contributed by atoms with Crippen molar-refractivity contribution in [1.82, 2.24) is 10.3 Å². The molecule has 27 heavy (non-hydrogen) atoms. The van der Waals surface area contributed by atoms with Gasteiger partial charge in [-0.15, -0.1) is 0 Å². The Morgan fingerprint density at radius 2 is 1.85 bits per heavy atom. The van der Waals surface area contributed by atoms with Gasteiger partial charge in [-0.1, -0.05) is 24.3 Å². The van der Waals surface area contributed by atoms with E-state index in [2.05, 4.69) is 10.3 Å². The van der Waals surface area contributed by atoms with Crippen LogP contribution < -0.4 is 20.5 Å². The zero-order valence-electron chi connectivity index (χ0n) is 15.2. The number of rotatable bonds is 6. The van der Waals surface area contributed by atoms with Gasteiger partial charge >= 0.3 is 0 Å². The van der Waals surface area contributed by atoms with E-state index in [9.17, 15) is 4.79 Å². The highest BCUT2D eigenvalue weighted by molar-refractivity contribution is 5.98. The van der Waals surface area contributed by atoms with Crippen molar-refractivity contribution in [2.75, 3.05) is 12.8 Å². The Hall–Kier alpha value is -3.54. The van der Waals surface area contributed by atoms with Crippen LogP contribution in [0.3, 0.4) is 0 Å². The van der Waals surface area contributed by atoms with Crippen LogP contribution in [0.25, 0.3) is 0 Å². The first kappa shape index (κ1) is 18.3. The summed E-state index contributed by atoms with van der Waals surface area (Å²) in [7, 11) is 1.60. The number of nitrogens with two attached hydrogens (primary N) is 1. The molecule has 0 bridgehead atoms. The molecule has 0 aliphatic carbocycles. The molecule has 2 aromatic carbocycles. The predicted octanol–water partition coefficient (Wildman–Crippen LogP) is 3.70. The molecule has 3 aromatic rings. The lowest BCUT2D eigenvalue weighted by atomic mass is 10.2. The molecule has 3 rings (SSSR count). The summed E-state index contributed by atoms with van der Waals surface area (Å²) in [5.74, 6) is 1.89. The smallest absolute Gasteiger partial charge is 0.255 e. The van der Waals surface area contributed by atoms with E-state index in [1.54, 1.807) is 19.2 Å². The lowest BCUT2D eigenvalue weighted by Gasteiger charge is -2.11. The van der Waals surface area contributed by atoms with Crippen LogP contribution in [-0.4, -0.2) is 18.0 Å². The molecule has 6 nitrogen and oxygen atoms in total. The molecule has 0 aliphatic rings. The Balaban J connectivity index is 1.68. The number of carbonyl (C=O) groups is 1. The van der Waals surface area contributed by atoms with E-state index < -0.39 is 0 Å². The fourth-order valence-corrected chi connectivity index (χ4v) is 2.60. The molecule has 1 aromatic heterocycles. The lowest BCUT2D eigenvalue weighted by molar-refractivity contribution is 0.0951. The number of methoxy groups -OCH3 is 1. The molecule has 1 amide bonds. The van der Waals surface area contributed by atoms with Gasteiger partial charge in [-0.3, -0.25) is 4.79 Å². The Labute approximate surface area is 158 Å². The van der Waals surface area contributed by atoms with E-state index in [0.717, 1.165) is 11.3 Å². The van der Waals surface area contributed by atoms with Crippen molar-refractivity contribution in [2.45, 2.75) is 13.5 Å². The number of aryl methyl sites for hydroxylation is 1. The van der Waals surface area contributed by atoms with Crippen molar-refractivity contribution >= 4 is 11.7 Å². The Morgan fingerprint density at radius 3 is 2.59 bits per heavy atom. The first-order valence-corrected chi connectivity index (χ1v) is 8.48. The lowest BCUT2D eigenvalue weighted by Crippen LogP contribution is -2.24. The van der Waals surface area contributed by atoms with Crippen LogP contribution in [0.4, 0.5) is 5.82 Å². The van der Waals surface area contributed by atoms with E-state index in [4.69, 9.17) is 15.2 Å². The normalized spacial score (nSPS) is 10.3. The third-order valence-electron chi connectivity index (χ3n) is 3.96. The second-order valence-electron chi connectivity index (χ2n) is 5.97. The van der Waals surface area contributed by atoms with Crippen molar-refractivity contribution in [1.29, 1.82) is 0 Å². The number of aromatic nitrogens is 1.